The highest BCUT2D eigenvalue weighted by atomic mass is 16.5. The van der Waals surface area contributed by atoms with Crippen molar-refractivity contribution in [3.8, 4) is 0 Å². The minimum Gasteiger partial charge on any atom is -0.462 e. The molecule has 9 saturated carbocycles. The highest BCUT2D eigenvalue weighted by Gasteiger charge is 2.58. The molecule has 0 aromatic heterocycles. The Hall–Kier alpha value is -1.74. The van der Waals surface area contributed by atoms with Crippen LogP contribution in [0.4, 0.5) is 0 Å². The lowest BCUT2D eigenvalue weighted by Gasteiger charge is -2.31. The molecule has 9 aliphatic carbocycles. The first-order chi connectivity index (χ1) is 26.4. The summed E-state index contributed by atoms with van der Waals surface area (Å²) in [5.74, 6) is 13.4. The summed E-state index contributed by atoms with van der Waals surface area (Å²) in [6, 6.07) is 0. The third-order valence-electron chi connectivity index (χ3n) is 17.5. The van der Waals surface area contributed by atoms with Crippen molar-refractivity contribution in [2.75, 3.05) is 66.1 Å². The molecule has 0 heterocycles. The SMILES string of the molecule is C=CC(=O)OCC1CC2CC1C1CC(COCCOCC3CC4C5CC(COCCOCC6CC7C8CC(COC(=O)C=C)C(C8)C7C6)C(C5)C4C3)CC21. The number of ether oxygens (including phenoxy) is 6. The van der Waals surface area contributed by atoms with E-state index in [2.05, 4.69) is 13.2 Å². The molecule has 0 saturated heterocycles. The fourth-order valence-electron chi connectivity index (χ4n) is 15.7. The molecule has 18 unspecified atom stereocenters. The van der Waals surface area contributed by atoms with Gasteiger partial charge in [-0.05, 0) is 184 Å². The fourth-order valence-corrected chi connectivity index (χ4v) is 15.7. The fraction of sp³-hybridized carbons (Fsp3) is 0.870. The summed E-state index contributed by atoms with van der Waals surface area (Å²) in [7, 11) is 0. The summed E-state index contributed by atoms with van der Waals surface area (Å²) in [4.78, 5) is 23.1. The van der Waals surface area contributed by atoms with Crippen LogP contribution in [-0.4, -0.2) is 78.0 Å². The molecule has 8 nitrogen and oxygen atoms in total. The molecule has 54 heavy (non-hydrogen) atoms. The molecule has 0 aromatic rings. The lowest BCUT2D eigenvalue weighted by atomic mass is 9.76. The standard InChI is InChI=1S/C46H68O8/c1-3-45(47)53-25-34-16-31-19-40(34)43-13-28(10-37(31)43)22-50-6-5-49-21-27-9-36-30-15-33(39(18-30)42(36)12-27)24-52-8-7-51-23-29-11-38-32-17-35(26-54-46(48)4-2)41(20-32)44(38)14-29/h3-4,27-44H,1-2,5-26H2. The summed E-state index contributed by atoms with van der Waals surface area (Å²) in [5.41, 5.74) is 0. The van der Waals surface area contributed by atoms with Crippen LogP contribution in [0.25, 0.3) is 0 Å². The number of esters is 2. The van der Waals surface area contributed by atoms with Gasteiger partial charge < -0.3 is 28.4 Å². The van der Waals surface area contributed by atoms with Gasteiger partial charge in [-0.15, -0.1) is 0 Å². The highest BCUT2D eigenvalue weighted by molar-refractivity contribution is 5.81. The topological polar surface area (TPSA) is 89.5 Å². The predicted octanol–water partition coefficient (Wildman–Crippen LogP) is 7.41. The molecule has 18 atom stereocenters. The number of fused-ring (bicyclic) bond motifs is 15. The second-order valence-corrected chi connectivity index (χ2v) is 19.9. The van der Waals surface area contributed by atoms with Crippen molar-refractivity contribution in [3.63, 3.8) is 0 Å². The molecule has 0 aromatic carbocycles. The number of carbonyl (C=O) groups excluding carboxylic acids is 2. The first-order valence-corrected chi connectivity index (χ1v) is 22.3. The molecule has 9 aliphatic rings. The lowest BCUT2D eigenvalue weighted by molar-refractivity contribution is -0.140. The highest BCUT2D eigenvalue weighted by Crippen LogP contribution is 2.64. The van der Waals surface area contributed by atoms with Gasteiger partial charge in [0.25, 0.3) is 0 Å². The zero-order chi connectivity index (χ0) is 36.8. The van der Waals surface area contributed by atoms with Crippen LogP contribution in [0.15, 0.2) is 25.3 Å². The monoisotopic (exact) mass is 748 g/mol. The Balaban J connectivity index is 0.601. The summed E-state index contributed by atoms with van der Waals surface area (Å²) in [5, 5.41) is 0. The maximum atomic E-state index is 11.6. The Labute approximate surface area is 324 Å². The number of rotatable bonds is 20. The number of hydrogen-bond acceptors (Lipinski definition) is 8. The molecule has 0 radical (unpaired) electrons. The van der Waals surface area contributed by atoms with E-state index in [9.17, 15) is 9.59 Å². The van der Waals surface area contributed by atoms with Gasteiger partial charge >= 0.3 is 11.9 Å². The Morgan fingerprint density at radius 3 is 1.06 bits per heavy atom. The summed E-state index contributed by atoms with van der Waals surface area (Å²) in [6.45, 7) is 14.7. The molecule has 300 valence electrons. The molecule has 0 N–H and O–H groups in total. The van der Waals surface area contributed by atoms with E-state index in [1.165, 1.54) is 89.2 Å². The van der Waals surface area contributed by atoms with Gasteiger partial charge in [0, 0.05) is 38.6 Å². The van der Waals surface area contributed by atoms with E-state index in [0.717, 1.165) is 117 Å². The van der Waals surface area contributed by atoms with Crippen LogP contribution in [0.5, 0.6) is 0 Å². The van der Waals surface area contributed by atoms with Crippen molar-refractivity contribution in [2.24, 2.45) is 107 Å². The summed E-state index contributed by atoms with van der Waals surface area (Å²) < 4.78 is 35.7. The van der Waals surface area contributed by atoms with E-state index in [0.29, 0.717) is 56.0 Å². The Morgan fingerprint density at radius 2 is 0.704 bits per heavy atom. The second-order valence-electron chi connectivity index (χ2n) is 19.9. The molecule has 9 fully saturated rings. The maximum absolute atomic E-state index is 11.6. The van der Waals surface area contributed by atoms with Crippen LogP contribution in [0.1, 0.15) is 77.0 Å². The van der Waals surface area contributed by atoms with Gasteiger partial charge in [0.15, 0.2) is 0 Å². The molecule has 0 aliphatic heterocycles. The van der Waals surface area contributed by atoms with Gasteiger partial charge in [-0.3, -0.25) is 0 Å². The third-order valence-corrected chi connectivity index (χ3v) is 17.5. The van der Waals surface area contributed by atoms with Crippen molar-refractivity contribution >= 4 is 11.9 Å². The van der Waals surface area contributed by atoms with Crippen LogP contribution in [0, 0.1) is 107 Å². The Bertz CT molecular complexity index is 1350. The first-order valence-electron chi connectivity index (χ1n) is 22.3. The van der Waals surface area contributed by atoms with Gasteiger partial charge in [0.1, 0.15) is 0 Å². The molecule has 0 spiro atoms. The molecular weight excluding hydrogens is 680 g/mol. The third kappa shape index (κ3) is 7.65. The smallest absolute Gasteiger partial charge is 0.330 e. The van der Waals surface area contributed by atoms with E-state index in [1.807, 2.05) is 0 Å². The quantitative estimate of drug-likeness (QED) is 0.0723. The lowest BCUT2D eigenvalue weighted by Crippen LogP contribution is -2.28. The van der Waals surface area contributed by atoms with E-state index in [1.54, 1.807) is 0 Å². The largest absolute Gasteiger partial charge is 0.462 e. The van der Waals surface area contributed by atoms with E-state index in [4.69, 9.17) is 28.4 Å². The van der Waals surface area contributed by atoms with Gasteiger partial charge in [-0.2, -0.15) is 0 Å². The molecule has 6 bridgehead atoms. The van der Waals surface area contributed by atoms with Gasteiger partial charge in [0.05, 0.1) is 39.6 Å². The normalized spacial score (nSPS) is 45.9. The predicted molar refractivity (Wildman–Crippen MR) is 204 cm³/mol. The van der Waals surface area contributed by atoms with E-state index < -0.39 is 0 Å². The summed E-state index contributed by atoms with van der Waals surface area (Å²) >= 11 is 0. The van der Waals surface area contributed by atoms with E-state index in [-0.39, 0.29) is 11.9 Å². The molecule has 9 rings (SSSR count). The maximum Gasteiger partial charge on any atom is 0.330 e. The number of carbonyl (C=O) groups is 2. The van der Waals surface area contributed by atoms with Crippen LogP contribution < -0.4 is 0 Å². The van der Waals surface area contributed by atoms with Crippen molar-refractivity contribution in [2.45, 2.75) is 77.0 Å². The van der Waals surface area contributed by atoms with Gasteiger partial charge in [-0.1, -0.05) is 13.2 Å². The molecule has 0 amide bonds. The Kier molecular flexibility index (Phi) is 11.6. The number of hydrogen-bond donors (Lipinski definition) is 0. The minimum atomic E-state index is -0.281. The van der Waals surface area contributed by atoms with Crippen LogP contribution in [0.3, 0.4) is 0 Å². The molecule has 8 heteroatoms. The average molecular weight is 749 g/mol. The van der Waals surface area contributed by atoms with Crippen molar-refractivity contribution in [1.29, 1.82) is 0 Å². The van der Waals surface area contributed by atoms with E-state index >= 15 is 0 Å². The first kappa shape index (κ1) is 37.8. The van der Waals surface area contributed by atoms with Crippen molar-refractivity contribution < 1.29 is 38.0 Å². The van der Waals surface area contributed by atoms with Crippen LogP contribution in [0.2, 0.25) is 0 Å². The van der Waals surface area contributed by atoms with Gasteiger partial charge in [0.2, 0.25) is 0 Å². The minimum absolute atomic E-state index is 0.281. The van der Waals surface area contributed by atoms with Crippen molar-refractivity contribution in [3.05, 3.63) is 25.3 Å². The molecular formula is C46H68O8. The summed E-state index contributed by atoms with van der Waals surface area (Å²) in [6.07, 6.45) is 18.4. The Morgan fingerprint density at radius 1 is 0.389 bits per heavy atom. The zero-order valence-corrected chi connectivity index (χ0v) is 32.8. The zero-order valence-electron chi connectivity index (χ0n) is 32.8. The van der Waals surface area contributed by atoms with Crippen molar-refractivity contribution in [1.82, 2.24) is 0 Å². The average Bonchev–Trinajstić information content (AvgIpc) is 4.02. The van der Waals surface area contributed by atoms with Crippen LogP contribution >= 0.6 is 0 Å². The second kappa shape index (κ2) is 16.6. The van der Waals surface area contributed by atoms with Crippen LogP contribution in [-0.2, 0) is 38.0 Å². The van der Waals surface area contributed by atoms with Gasteiger partial charge in [-0.25, -0.2) is 9.59 Å².